The van der Waals surface area contributed by atoms with Crippen molar-refractivity contribution in [3.05, 3.63) is 100 Å². The number of benzene rings is 1. The zero-order valence-electron chi connectivity index (χ0n) is 26.4. The third kappa shape index (κ3) is 8.13. The number of nitrogens with zero attached hydrogens (tertiary/aromatic N) is 6. The van der Waals surface area contributed by atoms with Gasteiger partial charge < -0.3 is 29.7 Å². The Bertz CT molecular complexity index is 1950. The molecule has 1 aromatic carbocycles. The predicted octanol–water partition coefficient (Wildman–Crippen LogP) is 5.23. The molecule has 4 N–H and O–H groups in total. The van der Waals surface area contributed by atoms with Gasteiger partial charge in [-0.25, -0.2) is 24.5 Å². The Balaban J connectivity index is 0.000000466. The minimum atomic E-state index is -1.26. The average molecular weight is 684 g/mol. The number of aliphatic carboxylic acids is 2. The first-order valence-corrected chi connectivity index (χ1v) is 16.4. The number of carbonyl (C=O) groups is 3. The molecule has 252 valence electrons. The van der Waals surface area contributed by atoms with E-state index in [1.807, 2.05) is 42.2 Å². The van der Waals surface area contributed by atoms with Crippen LogP contribution in [-0.4, -0.2) is 64.7 Å². The van der Waals surface area contributed by atoms with Gasteiger partial charge in [-0.15, -0.1) is 21.5 Å². The van der Waals surface area contributed by atoms with E-state index in [1.165, 1.54) is 25.3 Å². The van der Waals surface area contributed by atoms with Gasteiger partial charge in [0.2, 0.25) is 11.8 Å². The fourth-order valence-corrected chi connectivity index (χ4v) is 6.52. The smallest absolute Gasteiger partial charge is 0.328 e. The lowest BCUT2D eigenvalue weighted by atomic mass is 9.94. The molecule has 49 heavy (non-hydrogen) atoms. The summed E-state index contributed by atoms with van der Waals surface area (Å²) in [5, 5.41) is 27.3. The van der Waals surface area contributed by atoms with Crippen LogP contribution in [0.5, 0.6) is 0 Å². The lowest BCUT2D eigenvalue weighted by Crippen LogP contribution is -2.35. The summed E-state index contributed by atoms with van der Waals surface area (Å²) in [6.07, 6.45) is 8.84. The van der Waals surface area contributed by atoms with Crippen LogP contribution in [-0.2, 0) is 21.5 Å². The highest BCUT2D eigenvalue weighted by Crippen LogP contribution is 2.43. The molecule has 1 aliphatic carbocycles. The summed E-state index contributed by atoms with van der Waals surface area (Å²) < 4.78 is 11.6. The first kappa shape index (κ1) is 33.4. The summed E-state index contributed by atoms with van der Waals surface area (Å²) in [6, 6.07) is 13.2. The zero-order valence-corrected chi connectivity index (χ0v) is 27.2. The first-order chi connectivity index (χ1) is 23.6. The molecule has 1 saturated carbocycles. The van der Waals surface area contributed by atoms with E-state index < -0.39 is 17.5 Å². The Hall–Kier alpha value is -5.54. The van der Waals surface area contributed by atoms with Gasteiger partial charge in [0, 0.05) is 35.6 Å². The Kier molecular flexibility index (Phi) is 9.73. The maximum absolute atomic E-state index is 14.0. The van der Waals surface area contributed by atoms with E-state index in [9.17, 15) is 14.4 Å². The summed E-state index contributed by atoms with van der Waals surface area (Å²) in [5.74, 6) is -1.31. The first-order valence-electron chi connectivity index (χ1n) is 15.6. The number of nitrogens with two attached hydrogens (primary N) is 1. The molecule has 2 aliphatic rings. The monoisotopic (exact) mass is 683 g/mol. The van der Waals surface area contributed by atoms with Gasteiger partial charge in [-0.05, 0) is 56.7 Å². The number of oxazole rings is 1. The molecule has 0 unspecified atom stereocenters. The Labute approximate surface area is 284 Å². The van der Waals surface area contributed by atoms with Crippen molar-refractivity contribution in [2.45, 2.75) is 56.5 Å². The SMILES string of the molecule is C[C@@](N)(Cc1ccccc1)c1nnc(-c2cc(C(=O)N3CCC[C@@H]3c3nc(C4CC4)cs3)cc(-c3ncco3)n2)o1.O=C(O)C=CC(=O)O. The van der Waals surface area contributed by atoms with Crippen LogP contribution in [0.25, 0.3) is 23.2 Å². The van der Waals surface area contributed by atoms with Gasteiger partial charge in [0.05, 0.1) is 23.5 Å². The summed E-state index contributed by atoms with van der Waals surface area (Å²) in [7, 11) is 0. The summed E-state index contributed by atoms with van der Waals surface area (Å²) >= 11 is 1.65. The average Bonchev–Trinajstić information content (AvgIpc) is 3.61. The number of hydrogen-bond acceptors (Lipinski definition) is 12. The molecular weight excluding hydrogens is 650 g/mol. The number of carbonyl (C=O) groups excluding carboxylic acids is 1. The van der Waals surface area contributed by atoms with Crippen LogP contribution < -0.4 is 5.73 Å². The van der Waals surface area contributed by atoms with E-state index in [2.05, 4.69) is 25.5 Å². The van der Waals surface area contributed by atoms with Crippen molar-refractivity contribution >= 4 is 29.2 Å². The molecule has 0 spiro atoms. The predicted molar refractivity (Wildman–Crippen MR) is 176 cm³/mol. The number of amides is 1. The number of pyridine rings is 1. The largest absolute Gasteiger partial charge is 0.478 e. The molecule has 1 aliphatic heterocycles. The van der Waals surface area contributed by atoms with Crippen LogP contribution in [0, 0.1) is 0 Å². The van der Waals surface area contributed by atoms with Gasteiger partial charge in [0.15, 0.2) is 0 Å². The van der Waals surface area contributed by atoms with Crippen LogP contribution >= 0.6 is 11.3 Å². The molecule has 0 bridgehead atoms. The summed E-state index contributed by atoms with van der Waals surface area (Å²) in [4.78, 5) is 48.8. The van der Waals surface area contributed by atoms with Crippen molar-refractivity contribution in [3.8, 4) is 23.2 Å². The van der Waals surface area contributed by atoms with Crippen LogP contribution in [0.3, 0.4) is 0 Å². The van der Waals surface area contributed by atoms with E-state index >= 15 is 0 Å². The van der Waals surface area contributed by atoms with Crippen molar-refractivity contribution in [1.82, 2.24) is 30.0 Å². The normalized spacial score (nSPS) is 17.0. The number of carboxylic acid groups (broad SMARTS) is 2. The van der Waals surface area contributed by atoms with Crippen LogP contribution in [0.1, 0.15) is 77.1 Å². The molecule has 14 nitrogen and oxygen atoms in total. The molecule has 7 rings (SSSR count). The third-order valence-corrected chi connectivity index (χ3v) is 8.94. The zero-order chi connectivity index (χ0) is 34.5. The Morgan fingerprint density at radius 1 is 1.02 bits per heavy atom. The molecule has 0 radical (unpaired) electrons. The molecular formula is C34H33N7O7S. The minimum absolute atomic E-state index is 0.0484. The lowest BCUT2D eigenvalue weighted by Gasteiger charge is -2.23. The number of carboxylic acids is 2. The van der Waals surface area contributed by atoms with Crippen molar-refractivity contribution in [3.63, 3.8) is 0 Å². The molecule has 5 aromatic rings. The van der Waals surface area contributed by atoms with Crippen LogP contribution in [0.15, 0.2) is 81.3 Å². The maximum atomic E-state index is 14.0. The second kappa shape index (κ2) is 14.3. The highest BCUT2D eigenvalue weighted by atomic mass is 32.1. The fourth-order valence-electron chi connectivity index (χ4n) is 5.47. The van der Waals surface area contributed by atoms with Gasteiger partial charge in [0.25, 0.3) is 11.8 Å². The number of aromatic nitrogens is 5. The quantitative estimate of drug-likeness (QED) is 0.161. The van der Waals surface area contributed by atoms with Crippen molar-refractivity contribution < 1.29 is 33.4 Å². The van der Waals surface area contributed by atoms with Crippen LogP contribution in [0.4, 0.5) is 0 Å². The van der Waals surface area contributed by atoms with E-state index in [0.717, 1.165) is 29.1 Å². The van der Waals surface area contributed by atoms with Crippen LogP contribution in [0.2, 0.25) is 0 Å². The number of likely N-dealkylation sites (tertiary alicyclic amines) is 1. The highest BCUT2D eigenvalue weighted by molar-refractivity contribution is 7.09. The second-order valence-electron chi connectivity index (χ2n) is 12.0. The molecule has 15 heteroatoms. The lowest BCUT2D eigenvalue weighted by molar-refractivity contribution is -0.134. The Morgan fingerprint density at radius 2 is 1.73 bits per heavy atom. The van der Waals surface area contributed by atoms with Gasteiger partial charge >= 0.3 is 11.9 Å². The van der Waals surface area contributed by atoms with E-state index in [0.29, 0.717) is 53.9 Å². The van der Waals surface area contributed by atoms with Gasteiger partial charge in [-0.3, -0.25) is 4.79 Å². The van der Waals surface area contributed by atoms with Crippen molar-refractivity contribution in [2.75, 3.05) is 6.54 Å². The number of thiazole rings is 1. The summed E-state index contributed by atoms with van der Waals surface area (Å²) in [5.41, 5.74) is 9.11. The van der Waals surface area contributed by atoms with Crippen molar-refractivity contribution in [1.29, 1.82) is 0 Å². The standard InChI is InChI=1S/C30H29N7O3S.C4H4O4/c1-30(31,16-18-6-3-2-4-7-18)29-36-35-26(40-29)22-15-20(14-21(33-22)25-32-11-13-39-25)28(38)37-12-5-8-24(37)27-34-23(17-41-27)19-9-10-19;5-3(6)1-2-4(7)8/h2-4,6-7,11,13-15,17,19,24H,5,8-10,12,16,31H2,1H3;1-2H,(H,5,6)(H,7,8)/t24-,30-;/m1./s1. The van der Waals surface area contributed by atoms with E-state index in [1.54, 1.807) is 23.5 Å². The molecule has 1 saturated heterocycles. The van der Waals surface area contributed by atoms with Crippen molar-refractivity contribution in [2.24, 2.45) is 5.73 Å². The molecule has 5 heterocycles. The van der Waals surface area contributed by atoms with E-state index in [4.69, 9.17) is 29.8 Å². The topological polar surface area (TPSA) is 212 Å². The number of rotatable bonds is 10. The Morgan fingerprint density at radius 3 is 2.39 bits per heavy atom. The van der Waals surface area contributed by atoms with Gasteiger partial charge in [0.1, 0.15) is 22.7 Å². The minimum Gasteiger partial charge on any atom is -0.478 e. The molecule has 1 amide bonds. The van der Waals surface area contributed by atoms with E-state index in [-0.39, 0.29) is 23.7 Å². The molecule has 2 fully saturated rings. The van der Waals surface area contributed by atoms with Gasteiger partial charge in [-0.1, -0.05) is 30.3 Å². The highest BCUT2D eigenvalue weighted by Gasteiger charge is 2.35. The summed E-state index contributed by atoms with van der Waals surface area (Å²) in [6.45, 7) is 2.51. The second-order valence-corrected chi connectivity index (χ2v) is 12.9. The van der Waals surface area contributed by atoms with Gasteiger partial charge in [-0.2, -0.15) is 0 Å². The third-order valence-electron chi connectivity index (χ3n) is 7.97. The number of hydrogen-bond donors (Lipinski definition) is 3. The molecule has 4 aromatic heterocycles. The maximum Gasteiger partial charge on any atom is 0.328 e. The molecule has 2 atom stereocenters. The fraction of sp³-hybridized carbons (Fsp3) is 0.294.